The average molecular weight is 548 g/mol. The Bertz CT molecular complexity index is 1150. The molecule has 10 atom stereocenters. The van der Waals surface area contributed by atoms with Gasteiger partial charge < -0.3 is 19.5 Å². The van der Waals surface area contributed by atoms with E-state index < -0.39 is 0 Å². The van der Waals surface area contributed by atoms with E-state index in [1.54, 1.807) is 11.1 Å². The van der Waals surface area contributed by atoms with E-state index in [1.165, 1.54) is 32.1 Å². The van der Waals surface area contributed by atoms with Crippen LogP contribution in [0.2, 0.25) is 0 Å². The number of hydrogen-bond acceptors (Lipinski definition) is 4. The zero-order valence-electron chi connectivity index (χ0n) is 24.8. The average Bonchev–Trinajstić information content (AvgIpc) is 3.43. The van der Waals surface area contributed by atoms with Gasteiger partial charge in [-0.2, -0.15) is 0 Å². The van der Waals surface area contributed by atoms with Crippen LogP contribution in [-0.2, 0) is 16.1 Å². The van der Waals surface area contributed by atoms with Gasteiger partial charge in [-0.25, -0.2) is 4.79 Å². The van der Waals surface area contributed by atoms with Crippen molar-refractivity contribution in [3.63, 3.8) is 0 Å². The minimum Gasteiger partial charge on any atom is -0.445 e. The predicted octanol–water partition coefficient (Wildman–Crippen LogP) is 7.28. The Kier molecular flexibility index (Phi) is 6.86. The van der Waals surface area contributed by atoms with Crippen molar-refractivity contribution in [2.24, 2.45) is 35.0 Å². The van der Waals surface area contributed by atoms with Crippen LogP contribution in [-0.4, -0.2) is 46.5 Å². The lowest BCUT2D eigenvalue weighted by atomic mass is 9.52. The number of rotatable bonds is 2. The third kappa shape index (κ3) is 4.28. The molecule has 5 fully saturated rings. The van der Waals surface area contributed by atoms with E-state index in [2.05, 4.69) is 20.8 Å². The molecule has 1 aromatic carbocycles. The van der Waals surface area contributed by atoms with E-state index in [-0.39, 0.29) is 29.9 Å². The van der Waals surface area contributed by atoms with E-state index >= 15 is 0 Å². The van der Waals surface area contributed by atoms with Crippen molar-refractivity contribution < 1.29 is 19.4 Å². The van der Waals surface area contributed by atoms with E-state index in [4.69, 9.17) is 9.47 Å². The summed E-state index contributed by atoms with van der Waals surface area (Å²) in [6.45, 7) is 8.42. The second-order valence-corrected chi connectivity index (χ2v) is 14.7. The van der Waals surface area contributed by atoms with Gasteiger partial charge in [0.2, 0.25) is 0 Å². The highest BCUT2D eigenvalue weighted by molar-refractivity contribution is 5.68. The fourth-order valence-electron chi connectivity index (χ4n) is 10.8. The lowest BCUT2D eigenvalue weighted by Crippen LogP contribution is -2.52. The van der Waals surface area contributed by atoms with Crippen LogP contribution in [0.5, 0.6) is 0 Å². The lowest BCUT2D eigenvalue weighted by Gasteiger charge is -2.53. The molecule has 3 saturated carbocycles. The maximum Gasteiger partial charge on any atom is 0.410 e. The van der Waals surface area contributed by atoms with Crippen LogP contribution in [0.25, 0.3) is 0 Å². The van der Waals surface area contributed by atoms with Crippen molar-refractivity contribution in [2.45, 2.75) is 122 Å². The SMILES string of the molecule is CC1=C2C[C@H]3[C@@H](CC[C@@H]4C[C@H](O)CC[C@@]43C)[C@@H]2CC[C@@]2(C1)O[C@@H]1CCCN(C(=O)OCc3ccccc3)[C@H]1[C@H]2C. The number of hydrogen-bond donors (Lipinski definition) is 1. The standard InChI is InChI=1S/C35H49NO4/c1-22-20-35(16-14-27-28-12-11-25-18-26(37)13-15-34(25,3)30(28)19-29(22)27)23(2)32-31(40-35)10-7-17-36(32)33(38)39-21-24-8-5-4-6-9-24/h4-6,8-9,23,25-28,30-32,37H,7,10-21H2,1-3H3/t23-,25-,26-,27+,28+,30+,31-,32+,34+,35+/m1/s1. The number of aliphatic hydroxyl groups excluding tert-OH is 1. The van der Waals surface area contributed by atoms with E-state index in [0.29, 0.717) is 29.8 Å². The van der Waals surface area contributed by atoms with Crippen molar-refractivity contribution in [3.8, 4) is 0 Å². The molecule has 2 heterocycles. The number of carbonyl (C=O) groups is 1. The molecule has 7 rings (SSSR count). The molecule has 6 aliphatic rings. The molecular weight excluding hydrogens is 498 g/mol. The van der Waals surface area contributed by atoms with Gasteiger partial charge in [0, 0.05) is 12.5 Å². The highest BCUT2D eigenvalue weighted by Gasteiger charge is 2.60. The number of nitrogens with zero attached hydrogens (tertiary/aromatic N) is 1. The number of allylic oxidation sites excluding steroid dienone is 1. The Labute approximate surface area is 240 Å². The van der Waals surface area contributed by atoms with Crippen molar-refractivity contribution in [1.82, 2.24) is 4.90 Å². The van der Waals surface area contributed by atoms with Gasteiger partial charge in [-0.05, 0) is 112 Å². The highest BCUT2D eigenvalue weighted by Crippen LogP contribution is 2.65. The topological polar surface area (TPSA) is 59.0 Å². The molecule has 4 aliphatic carbocycles. The van der Waals surface area contributed by atoms with Crippen LogP contribution in [0, 0.1) is 35.0 Å². The van der Waals surface area contributed by atoms with Gasteiger partial charge in [0.05, 0.1) is 23.9 Å². The summed E-state index contributed by atoms with van der Waals surface area (Å²) in [4.78, 5) is 15.4. The number of ether oxygens (including phenoxy) is 2. The normalized spacial score (nSPS) is 44.5. The molecule has 5 nitrogen and oxygen atoms in total. The molecular formula is C35H49NO4. The number of aliphatic hydroxyl groups is 1. The first kappa shape index (κ1) is 27.0. The summed E-state index contributed by atoms with van der Waals surface area (Å²) in [7, 11) is 0. The first-order valence-electron chi connectivity index (χ1n) is 16.3. The fraction of sp³-hybridized carbons (Fsp3) is 0.743. The molecule has 2 aliphatic heterocycles. The Hall–Kier alpha value is -1.85. The molecule has 1 N–H and O–H groups in total. The van der Waals surface area contributed by atoms with Crippen LogP contribution in [0.3, 0.4) is 0 Å². The number of piperidine rings is 1. The van der Waals surface area contributed by atoms with E-state index in [1.807, 2.05) is 35.2 Å². The van der Waals surface area contributed by atoms with Gasteiger partial charge in [0.25, 0.3) is 0 Å². The Morgan fingerprint density at radius 1 is 1.12 bits per heavy atom. The molecule has 1 spiro atoms. The summed E-state index contributed by atoms with van der Waals surface area (Å²) in [5, 5.41) is 10.4. The molecule has 2 saturated heterocycles. The van der Waals surface area contributed by atoms with Crippen molar-refractivity contribution in [2.75, 3.05) is 6.54 Å². The molecule has 0 aromatic heterocycles. The summed E-state index contributed by atoms with van der Waals surface area (Å²) in [6.07, 6.45) is 12.3. The Balaban J connectivity index is 1.09. The zero-order chi connectivity index (χ0) is 27.6. The first-order chi connectivity index (χ1) is 19.3. The monoisotopic (exact) mass is 547 g/mol. The third-order valence-electron chi connectivity index (χ3n) is 12.9. The van der Waals surface area contributed by atoms with Gasteiger partial charge >= 0.3 is 6.09 Å². The molecule has 218 valence electrons. The van der Waals surface area contributed by atoms with Gasteiger partial charge in [0.15, 0.2) is 0 Å². The number of benzene rings is 1. The number of amides is 1. The summed E-state index contributed by atoms with van der Waals surface area (Å²) in [6, 6.07) is 10.1. The largest absolute Gasteiger partial charge is 0.445 e. The minimum atomic E-state index is -0.183. The van der Waals surface area contributed by atoms with Gasteiger partial charge in [-0.15, -0.1) is 0 Å². The molecule has 0 bridgehead atoms. The zero-order valence-corrected chi connectivity index (χ0v) is 24.8. The first-order valence-corrected chi connectivity index (χ1v) is 16.3. The number of fused-ring (bicyclic) bond motifs is 6. The van der Waals surface area contributed by atoms with Gasteiger partial charge in [0.1, 0.15) is 6.61 Å². The molecule has 5 heteroatoms. The Morgan fingerprint density at radius 3 is 2.77 bits per heavy atom. The van der Waals surface area contributed by atoms with E-state index in [0.717, 1.165) is 62.5 Å². The van der Waals surface area contributed by atoms with E-state index in [9.17, 15) is 9.90 Å². The summed E-state index contributed by atoms with van der Waals surface area (Å²) < 4.78 is 12.9. The summed E-state index contributed by atoms with van der Waals surface area (Å²) >= 11 is 0. The van der Waals surface area contributed by atoms with Crippen LogP contribution in [0.4, 0.5) is 4.79 Å². The highest BCUT2D eigenvalue weighted by atomic mass is 16.6. The minimum absolute atomic E-state index is 0.0814. The van der Waals surface area contributed by atoms with Crippen LogP contribution >= 0.6 is 0 Å². The predicted molar refractivity (Wildman–Crippen MR) is 155 cm³/mol. The quantitative estimate of drug-likeness (QED) is 0.396. The van der Waals surface area contributed by atoms with Gasteiger partial charge in [-0.3, -0.25) is 0 Å². The fourth-order valence-corrected chi connectivity index (χ4v) is 10.8. The van der Waals surface area contributed by atoms with Crippen LogP contribution < -0.4 is 0 Å². The molecule has 40 heavy (non-hydrogen) atoms. The van der Waals surface area contributed by atoms with Crippen molar-refractivity contribution in [3.05, 3.63) is 47.0 Å². The van der Waals surface area contributed by atoms with Crippen molar-refractivity contribution in [1.29, 1.82) is 0 Å². The number of likely N-dealkylation sites (tertiary alicyclic amines) is 1. The van der Waals surface area contributed by atoms with Crippen molar-refractivity contribution >= 4 is 6.09 Å². The molecule has 1 amide bonds. The second-order valence-electron chi connectivity index (χ2n) is 14.7. The van der Waals surface area contributed by atoms with Crippen LogP contribution in [0.1, 0.15) is 97.0 Å². The smallest absolute Gasteiger partial charge is 0.410 e. The molecule has 0 unspecified atom stereocenters. The molecule has 1 aromatic rings. The second kappa shape index (κ2) is 10.2. The summed E-state index contributed by atoms with van der Waals surface area (Å²) in [5.41, 5.74) is 4.58. The maximum absolute atomic E-state index is 13.4. The maximum atomic E-state index is 13.4. The Morgan fingerprint density at radius 2 is 1.95 bits per heavy atom. The van der Waals surface area contributed by atoms with Crippen LogP contribution in [0.15, 0.2) is 41.5 Å². The van der Waals surface area contributed by atoms with Gasteiger partial charge in [-0.1, -0.05) is 55.3 Å². The number of carbonyl (C=O) groups excluding carboxylic acids is 1. The molecule has 0 radical (unpaired) electrons. The lowest BCUT2D eigenvalue weighted by molar-refractivity contribution is -0.0796. The summed E-state index contributed by atoms with van der Waals surface area (Å²) in [5.74, 6) is 3.25. The third-order valence-corrected chi connectivity index (χ3v) is 12.9.